The van der Waals surface area contributed by atoms with Crippen LogP contribution < -0.4 is 0 Å². The third kappa shape index (κ3) is 3.56. The first kappa shape index (κ1) is 20.6. The average Bonchev–Trinajstić information content (AvgIpc) is 3.11. The molecule has 0 N–H and O–H groups in total. The molecule has 2 aromatic rings. The minimum atomic E-state index is -2.10. The number of hydrogen-bond donors (Lipinski definition) is 0. The minimum absolute atomic E-state index is 0. The molecule has 0 heterocycles. The normalized spacial score (nSPS) is 14.5. The Morgan fingerprint density at radius 2 is 1.40 bits per heavy atom. The molecule has 0 unspecified atom stereocenters. The van der Waals surface area contributed by atoms with Gasteiger partial charge in [-0.15, -0.1) is 24.8 Å². The van der Waals surface area contributed by atoms with Crippen molar-refractivity contribution in [1.82, 2.24) is 0 Å². The van der Waals surface area contributed by atoms with Crippen molar-refractivity contribution in [1.29, 1.82) is 0 Å². The van der Waals surface area contributed by atoms with Crippen molar-refractivity contribution in [2.24, 2.45) is 0 Å². The molecular formula is C22H24Cl2Hf. The van der Waals surface area contributed by atoms with Crippen molar-refractivity contribution in [2.45, 2.75) is 30.9 Å². The van der Waals surface area contributed by atoms with Crippen molar-refractivity contribution in [3.8, 4) is 11.1 Å². The average molecular weight is 538 g/mol. The van der Waals surface area contributed by atoms with E-state index in [9.17, 15) is 0 Å². The summed E-state index contributed by atoms with van der Waals surface area (Å²) in [7, 11) is 0. The SMILES string of the molecule is CC1=CC[C]([Hf](=[C](C)C)[CH]2c3ccccc3-c3ccccc32)=C1.Cl.Cl. The zero-order valence-electron chi connectivity index (χ0n) is 14.9. The summed E-state index contributed by atoms with van der Waals surface area (Å²) in [4.78, 5) is 0. The third-order valence-corrected chi connectivity index (χ3v) is 17.0. The summed E-state index contributed by atoms with van der Waals surface area (Å²) in [5.74, 6) is 0. The molecule has 25 heavy (non-hydrogen) atoms. The Kier molecular flexibility index (Phi) is 6.81. The number of allylic oxidation sites excluding steroid dienone is 4. The van der Waals surface area contributed by atoms with Gasteiger partial charge in [-0.1, -0.05) is 0 Å². The zero-order chi connectivity index (χ0) is 16.0. The summed E-state index contributed by atoms with van der Waals surface area (Å²) in [6, 6.07) is 18.2. The fourth-order valence-corrected chi connectivity index (χ4v) is 16.4. The Hall–Kier alpha value is -0.760. The fourth-order valence-electron chi connectivity index (χ4n) is 4.11. The van der Waals surface area contributed by atoms with E-state index in [2.05, 4.69) is 81.5 Å². The van der Waals surface area contributed by atoms with Crippen LogP contribution in [0.3, 0.4) is 0 Å². The molecular weight excluding hydrogens is 514 g/mol. The van der Waals surface area contributed by atoms with E-state index in [0.29, 0.717) is 3.67 Å². The topological polar surface area (TPSA) is 0 Å². The smallest absolute Gasteiger partial charge is 0.147 e. The Morgan fingerprint density at radius 1 is 0.880 bits per heavy atom. The standard InChI is InChI=1S/C13H9.C6H7.C3H6.2ClH.Hf/c1-3-7-12-10(5-1)9-11-6-2-4-8-13(11)12;1-6-4-2-3-5-6;1-3-2;;;/h1-9H;4-5H,2H2,1H3;1-2H3;2*1H;. The summed E-state index contributed by atoms with van der Waals surface area (Å²) < 4.78 is 4.17. The molecule has 0 spiro atoms. The van der Waals surface area contributed by atoms with Crippen molar-refractivity contribution >= 4 is 28.1 Å². The second-order valence-electron chi connectivity index (χ2n) is 6.84. The molecule has 0 fully saturated rings. The van der Waals surface area contributed by atoms with Gasteiger partial charge in [0.25, 0.3) is 0 Å². The van der Waals surface area contributed by atoms with Crippen LogP contribution in [0, 0.1) is 0 Å². The van der Waals surface area contributed by atoms with Crippen molar-refractivity contribution in [2.75, 3.05) is 0 Å². The van der Waals surface area contributed by atoms with E-state index in [4.69, 9.17) is 0 Å². The van der Waals surface area contributed by atoms with Crippen molar-refractivity contribution in [3.63, 3.8) is 0 Å². The monoisotopic (exact) mass is 538 g/mol. The molecule has 0 radical (unpaired) electrons. The third-order valence-electron chi connectivity index (χ3n) is 5.05. The van der Waals surface area contributed by atoms with Gasteiger partial charge < -0.3 is 0 Å². The predicted molar refractivity (Wildman–Crippen MR) is 111 cm³/mol. The second kappa shape index (κ2) is 8.29. The maximum Gasteiger partial charge on any atom is -0.147 e. The number of halogens is 2. The molecule has 0 saturated carbocycles. The largest absolute Gasteiger partial charge is 0.147 e. The molecule has 0 amide bonds. The Morgan fingerprint density at radius 3 is 1.84 bits per heavy atom. The summed E-state index contributed by atoms with van der Waals surface area (Å²) in [5, 5.41) is 0. The Balaban J connectivity index is 0.00000113. The number of rotatable bonds is 2. The van der Waals surface area contributed by atoms with Gasteiger partial charge in [0.15, 0.2) is 0 Å². The van der Waals surface area contributed by atoms with Crippen LogP contribution in [-0.4, -0.2) is 3.26 Å². The van der Waals surface area contributed by atoms with Crippen LogP contribution in [0.1, 0.15) is 42.0 Å². The van der Waals surface area contributed by atoms with E-state index < -0.39 is 21.0 Å². The summed E-state index contributed by atoms with van der Waals surface area (Å²) >= 11 is -2.10. The van der Waals surface area contributed by atoms with Gasteiger partial charge >= 0.3 is 147 Å². The van der Waals surface area contributed by atoms with Gasteiger partial charge in [-0.2, -0.15) is 0 Å². The predicted octanol–water partition coefficient (Wildman–Crippen LogP) is 6.66. The summed E-state index contributed by atoms with van der Waals surface area (Å²) in [6.07, 6.45) is 6.11. The molecule has 0 atom stereocenters. The van der Waals surface area contributed by atoms with Crippen molar-refractivity contribution in [3.05, 3.63) is 80.7 Å². The molecule has 0 nitrogen and oxygen atoms in total. The van der Waals surface area contributed by atoms with Gasteiger partial charge in [-0.05, 0) is 0 Å². The number of fused-ring (bicyclic) bond motifs is 3. The van der Waals surface area contributed by atoms with Gasteiger partial charge in [0, 0.05) is 0 Å². The van der Waals surface area contributed by atoms with E-state index in [1.807, 2.05) is 0 Å². The molecule has 0 saturated heterocycles. The van der Waals surface area contributed by atoms with Crippen LogP contribution >= 0.6 is 24.8 Å². The molecule has 0 aliphatic heterocycles. The van der Waals surface area contributed by atoms with E-state index >= 15 is 0 Å². The number of benzene rings is 2. The quantitative estimate of drug-likeness (QED) is 0.376. The first-order valence-electron chi connectivity index (χ1n) is 8.40. The Bertz CT molecular complexity index is 841. The number of hydrogen-bond acceptors (Lipinski definition) is 0. The molecule has 2 aromatic carbocycles. The van der Waals surface area contributed by atoms with Crippen molar-refractivity contribution < 1.29 is 21.0 Å². The first-order valence-corrected chi connectivity index (χ1v) is 14.1. The first-order chi connectivity index (χ1) is 11.2. The van der Waals surface area contributed by atoms with Crippen LogP contribution in [0.2, 0.25) is 0 Å². The van der Waals surface area contributed by atoms with Crippen LogP contribution in [0.25, 0.3) is 11.1 Å². The maximum atomic E-state index is 2.50. The molecule has 130 valence electrons. The van der Waals surface area contributed by atoms with E-state index in [-0.39, 0.29) is 24.8 Å². The molecule has 4 rings (SSSR count). The Labute approximate surface area is 170 Å². The second-order valence-corrected chi connectivity index (χ2v) is 17.8. The van der Waals surface area contributed by atoms with Crippen LogP contribution in [0.5, 0.6) is 0 Å². The van der Waals surface area contributed by atoms with Crippen LogP contribution in [0.15, 0.2) is 69.6 Å². The molecule has 0 bridgehead atoms. The molecule has 0 aromatic heterocycles. The fraction of sp³-hybridized carbons (Fsp3) is 0.227. The van der Waals surface area contributed by atoms with Gasteiger partial charge in [0.1, 0.15) is 0 Å². The van der Waals surface area contributed by atoms with E-state index in [1.54, 1.807) is 17.7 Å². The molecule has 2 aliphatic rings. The van der Waals surface area contributed by atoms with Gasteiger partial charge in [-0.25, -0.2) is 0 Å². The van der Waals surface area contributed by atoms with E-state index in [0.717, 1.165) is 0 Å². The van der Waals surface area contributed by atoms with Gasteiger partial charge in [0.2, 0.25) is 0 Å². The van der Waals surface area contributed by atoms with Crippen LogP contribution in [-0.2, 0) is 21.0 Å². The van der Waals surface area contributed by atoms with E-state index in [1.165, 1.54) is 23.1 Å². The van der Waals surface area contributed by atoms with Crippen LogP contribution in [0.4, 0.5) is 0 Å². The summed E-state index contributed by atoms with van der Waals surface area (Å²) in [6.45, 7) is 7.03. The minimum Gasteiger partial charge on any atom is -0.147 e. The molecule has 2 aliphatic carbocycles. The van der Waals surface area contributed by atoms with Gasteiger partial charge in [0.05, 0.1) is 0 Å². The zero-order valence-corrected chi connectivity index (χ0v) is 20.1. The maximum absolute atomic E-state index is 2.50. The summed E-state index contributed by atoms with van der Waals surface area (Å²) in [5.41, 5.74) is 7.58. The molecule has 3 heteroatoms. The van der Waals surface area contributed by atoms with Gasteiger partial charge in [-0.3, -0.25) is 0 Å².